The molecule has 1 saturated heterocycles. The average molecular weight is 209 g/mol. The fourth-order valence-electron chi connectivity index (χ4n) is 1.61. The van der Waals surface area contributed by atoms with Crippen LogP contribution in [0.2, 0.25) is 0 Å². The second-order valence-corrected chi connectivity index (χ2v) is 3.85. The zero-order valence-corrected chi connectivity index (χ0v) is 9.06. The van der Waals surface area contributed by atoms with E-state index in [1.54, 1.807) is 4.90 Å². The van der Waals surface area contributed by atoms with Crippen molar-refractivity contribution in [2.24, 2.45) is 5.92 Å². The van der Waals surface area contributed by atoms with E-state index < -0.39 is 0 Å². The van der Waals surface area contributed by atoms with Gasteiger partial charge in [-0.3, -0.25) is 4.79 Å². The van der Waals surface area contributed by atoms with Crippen LogP contribution in [-0.2, 0) is 6.42 Å². The summed E-state index contributed by atoms with van der Waals surface area (Å²) in [4.78, 5) is 17.5. The molecule has 82 valence electrons. The van der Waals surface area contributed by atoms with Gasteiger partial charge < -0.3 is 9.42 Å². The molecule has 0 atom stereocenters. The van der Waals surface area contributed by atoms with Crippen LogP contribution in [0.1, 0.15) is 36.8 Å². The third-order valence-corrected chi connectivity index (χ3v) is 2.79. The summed E-state index contributed by atoms with van der Waals surface area (Å²) in [5.74, 6) is 1.22. The molecule has 0 radical (unpaired) electrons. The van der Waals surface area contributed by atoms with Crippen molar-refractivity contribution in [1.82, 2.24) is 15.0 Å². The van der Waals surface area contributed by atoms with Gasteiger partial charge in [0.1, 0.15) is 0 Å². The largest absolute Gasteiger partial charge is 0.334 e. The lowest BCUT2D eigenvalue weighted by atomic mass is 9.97. The number of hydrogen-bond acceptors (Lipinski definition) is 4. The fraction of sp³-hybridized carbons (Fsp3) is 0.700. The standard InChI is InChI=1S/C10H15N3O2/c1-3-7-5-13(6-7)10(14)9-11-8(4-2)12-15-9/h7H,3-6H2,1-2H3. The third-order valence-electron chi connectivity index (χ3n) is 2.79. The number of carbonyl (C=O) groups is 1. The zero-order chi connectivity index (χ0) is 10.8. The molecule has 1 aliphatic heterocycles. The number of aromatic nitrogens is 2. The molecule has 0 N–H and O–H groups in total. The van der Waals surface area contributed by atoms with Crippen LogP contribution in [0.25, 0.3) is 0 Å². The number of nitrogens with zero attached hydrogens (tertiary/aromatic N) is 3. The Morgan fingerprint density at radius 2 is 2.27 bits per heavy atom. The normalized spacial score (nSPS) is 16.5. The van der Waals surface area contributed by atoms with Crippen molar-refractivity contribution in [3.63, 3.8) is 0 Å². The molecule has 0 spiro atoms. The van der Waals surface area contributed by atoms with Crippen LogP contribution in [0.3, 0.4) is 0 Å². The maximum Gasteiger partial charge on any atom is 0.316 e. The van der Waals surface area contributed by atoms with Gasteiger partial charge in [-0.25, -0.2) is 0 Å². The van der Waals surface area contributed by atoms with Crippen LogP contribution < -0.4 is 0 Å². The topological polar surface area (TPSA) is 59.2 Å². The fourth-order valence-corrected chi connectivity index (χ4v) is 1.61. The summed E-state index contributed by atoms with van der Waals surface area (Å²) in [6.07, 6.45) is 1.81. The first-order valence-electron chi connectivity index (χ1n) is 5.36. The Labute approximate surface area is 88.5 Å². The lowest BCUT2D eigenvalue weighted by Gasteiger charge is -2.37. The summed E-state index contributed by atoms with van der Waals surface area (Å²) in [6.45, 7) is 5.70. The SMILES string of the molecule is CCc1noc(C(=O)N2CC(CC)C2)n1. The summed E-state index contributed by atoms with van der Waals surface area (Å²) < 4.78 is 4.89. The van der Waals surface area contributed by atoms with Crippen molar-refractivity contribution < 1.29 is 9.32 Å². The molecule has 0 aliphatic carbocycles. The molecule has 5 heteroatoms. The van der Waals surface area contributed by atoms with Crippen LogP contribution in [0.15, 0.2) is 4.52 Å². The van der Waals surface area contributed by atoms with Gasteiger partial charge in [-0.05, 0) is 12.3 Å². The molecule has 1 aliphatic rings. The molecule has 1 aromatic heterocycles. The number of rotatable bonds is 3. The van der Waals surface area contributed by atoms with Gasteiger partial charge in [-0.2, -0.15) is 4.98 Å². The van der Waals surface area contributed by atoms with E-state index in [0.29, 0.717) is 18.2 Å². The molecule has 1 fully saturated rings. The number of aryl methyl sites for hydroxylation is 1. The smallest absolute Gasteiger partial charge is 0.316 e. The highest BCUT2D eigenvalue weighted by molar-refractivity contribution is 5.90. The van der Waals surface area contributed by atoms with Crippen molar-refractivity contribution >= 4 is 5.91 Å². The van der Waals surface area contributed by atoms with Crippen LogP contribution in [0, 0.1) is 5.92 Å². The van der Waals surface area contributed by atoms with Gasteiger partial charge in [0.15, 0.2) is 5.82 Å². The van der Waals surface area contributed by atoms with E-state index in [2.05, 4.69) is 17.1 Å². The van der Waals surface area contributed by atoms with Crippen LogP contribution in [0.4, 0.5) is 0 Å². The van der Waals surface area contributed by atoms with E-state index in [0.717, 1.165) is 19.5 Å². The second-order valence-electron chi connectivity index (χ2n) is 3.85. The Kier molecular flexibility index (Phi) is 2.70. The maximum absolute atomic E-state index is 11.7. The molecule has 1 amide bonds. The quantitative estimate of drug-likeness (QED) is 0.748. The summed E-state index contributed by atoms with van der Waals surface area (Å²) in [5.41, 5.74) is 0. The van der Waals surface area contributed by atoms with Crippen LogP contribution >= 0.6 is 0 Å². The first kappa shape index (κ1) is 10.1. The van der Waals surface area contributed by atoms with E-state index in [-0.39, 0.29) is 11.8 Å². The molecular weight excluding hydrogens is 194 g/mol. The van der Waals surface area contributed by atoms with Crippen molar-refractivity contribution in [3.05, 3.63) is 11.7 Å². The summed E-state index contributed by atoms with van der Waals surface area (Å²) in [6, 6.07) is 0. The van der Waals surface area contributed by atoms with E-state index >= 15 is 0 Å². The molecule has 15 heavy (non-hydrogen) atoms. The maximum atomic E-state index is 11.7. The highest BCUT2D eigenvalue weighted by atomic mass is 16.5. The zero-order valence-electron chi connectivity index (χ0n) is 9.06. The number of hydrogen-bond donors (Lipinski definition) is 0. The molecule has 2 heterocycles. The highest BCUT2D eigenvalue weighted by Gasteiger charge is 2.32. The summed E-state index contributed by atoms with van der Waals surface area (Å²) in [7, 11) is 0. The number of likely N-dealkylation sites (tertiary alicyclic amines) is 1. The lowest BCUT2D eigenvalue weighted by Crippen LogP contribution is -2.49. The molecule has 2 rings (SSSR count). The molecule has 0 bridgehead atoms. The van der Waals surface area contributed by atoms with Gasteiger partial charge in [0, 0.05) is 19.5 Å². The first-order chi connectivity index (χ1) is 7.24. The number of carbonyl (C=O) groups excluding carboxylic acids is 1. The van der Waals surface area contributed by atoms with E-state index in [9.17, 15) is 4.79 Å². The minimum absolute atomic E-state index is 0.126. The van der Waals surface area contributed by atoms with Crippen molar-refractivity contribution in [3.8, 4) is 0 Å². The first-order valence-corrected chi connectivity index (χ1v) is 5.36. The molecular formula is C10H15N3O2. The molecule has 0 aromatic carbocycles. The second kappa shape index (κ2) is 4.00. The van der Waals surface area contributed by atoms with Gasteiger partial charge in [0.05, 0.1) is 0 Å². The molecule has 0 saturated carbocycles. The molecule has 0 unspecified atom stereocenters. The van der Waals surface area contributed by atoms with Gasteiger partial charge >= 0.3 is 11.8 Å². The van der Waals surface area contributed by atoms with Gasteiger partial charge in [0.25, 0.3) is 0 Å². The molecule has 1 aromatic rings. The van der Waals surface area contributed by atoms with E-state index in [1.807, 2.05) is 6.92 Å². The lowest BCUT2D eigenvalue weighted by molar-refractivity contribution is 0.0445. The Hall–Kier alpha value is -1.39. The predicted molar refractivity (Wildman–Crippen MR) is 53.4 cm³/mol. The average Bonchev–Trinajstić information content (AvgIpc) is 2.64. The summed E-state index contributed by atoms with van der Waals surface area (Å²) >= 11 is 0. The number of amides is 1. The monoisotopic (exact) mass is 209 g/mol. The Balaban J connectivity index is 1.97. The van der Waals surface area contributed by atoms with Gasteiger partial charge in [-0.1, -0.05) is 19.0 Å². The molecule has 5 nitrogen and oxygen atoms in total. The minimum Gasteiger partial charge on any atom is -0.334 e. The Morgan fingerprint density at radius 1 is 1.53 bits per heavy atom. The minimum atomic E-state index is -0.132. The van der Waals surface area contributed by atoms with Crippen molar-refractivity contribution in [2.75, 3.05) is 13.1 Å². The van der Waals surface area contributed by atoms with Gasteiger partial charge in [0.2, 0.25) is 0 Å². The van der Waals surface area contributed by atoms with Gasteiger partial charge in [-0.15, -0.1) is 0 Å². The van der Waals surface area contributed by atoms with Crippen molar-refractivity contribution in [1.29, 1.82) is 0 Å². The van der Waals surface area contributed by atoms with E-state index in [4.69, 9.17) is 4.52 Å². The summed E-state index contributed by atoms with van der Waals surface area (Å²) in [5, 5.41) is 3.70. The Bertz CT molecular complexity index is 355. The third kappa shape index (κ3) is 1.86. The highest BCUT2D eigenvalue weighted by Crippen LogP contribution is 2.20. The van der Waals surface area contributed by atoms with E-state index in [1.165, 1.54) is 0 Å². The van der Waals surface area contributed by atoms with Crippen LogP contribution in [-0.4, -0.2) is 34.0 Å². The predicted octanol–water partition coefficient (Wildman–Crippen LogP) is 1.11. The Morgan fingerprint density at radius 3 is 2.80 bits per heavy atom. The van der Waals surface area contributed by atoms with Crippen LogP contribution in [0.5, 0.6) is 0 Å². The van der Waals surface area contributed by atoms with Crippen molar-refractivity contribution in [2.45, 2.75) is 26.7 Å².